The number of hydrogen-bond donors (Lipinski definition) is 2. The fraction of sp³-hybridized carbons (Fsp3) is 0.459. The van der Waals surface area contributed by atoms with Gasteiger partial charge in [-0.15, -0.1) is 0 Å². The molecule has 1 saturated heterocycles. The van der Waals surface area contributed by atoms with Crippen LogP contribution < -0.4 is 10.6 Å². The van der Waals surface area contributed by atoms with Crippen molar-refractivity contribution < 1.29 is 19.2 Å². The number of carbonyl (C=O) groups excluding carboxylic acids is 4. The Kier molecular flexibility index (Phi) is 9.04. The zero-order valence-electron chi connectivity index (χ0n) is 28.8. The number of benzene rings is 1. The number of aromatic nitrogens is 5. The van der Waals surface area contributed by atoms with Gasteiger partial charge in [0.05, 0.1) is 5.52 Å². The molecule has 5 heterocycles. The number of pyridine rings is 1. The number of nitrogens with one attached hydrogen (secondary N) is 2. The minimum absolute atomic E-state index is 0.00657. The quantitative estimate of drug-likeness (QED) is 0.210. The lowest BCUT2D eigenvalue weighted by molar-refractivity contribution is -0.139. The van der Waals surface area contributed by atoms with E-state index in [4.69, 9.17) is 5.10 Å². The zero-order valence-corrected chi connectivity index (χ0v) is 30.3. The third-order valence-corrected chi connectivity index (χ3v) is 11.3. The molecule has 1 aromatic carbocycles. The largest absolute Gasteiger partial charge is 0.355 e. The van der Waals surface area contributed by atoms with Gasteiger partial charge in [0.1, 0.15) is 34.5 Å². The molecule has 7 rings (SSSR count). The Hall–Kier alpha value is -4.52. The average Bonchev–Trinajstić information content (AvgIpc) is 3.35. The van der Waals surface area contributed by atoms with Crippen LogP contribution in [0.1, 0.15) is 79.8 Å². The molecule has 3 aromatic heterocycles. The van der Waals surface area contributed by atoms with E-state index in [1.807, 2.05) is 26.0 Å². The smallest absolute Gasteiger partial charge is 0.248 e. The molecule has 12 nitrogen and oxygen atoms in total. The summed E-state index contributed by atoms with van der Waals surface area (Å²) in [6, 6.07) is 6.67. The predicted molar refractivity (Wildman–Crippen MR) is 191 cm³/mol. The van der Waals surface area contributed by atoms with Crippen LogP contribution in [0.5, 0.6) is 0 Å². The number of hydrogen-bond acceptors (Lipinski definition) is 8. The number of Topliss-reactive ketones (excluding diaryl/α,β-unsaturated/α-hetero) is 1. The number of nitrogens with zero attached hydrogens (tertiary/aromatic N) is 6. The second-order valence-electron chi connectivity index (χ2n) is 14.1. The van der Waals surface area contributed by atoms with Crippen molar-refractivity contribution in [3.05, 3.63) is 63.9 Å². The summed E-state index contributed by atoms with van der Waals surface area (Å²) in [7, 11) is 0. The second kappa shape index (κ2) is 13.3. The molecule has 2 N–H and O–H groups in total. The SMILES string of the molecule is CC(=O)c1nn2c3c(cc(-c4cnc(C)nc4)cc13)CCCCCCC(=O)NC[C@@]13C[C@@H](C(=O)Nc4nc(Br)ccc4C)N(C(=O)C2)C1C3C. The van der Waals surface area contributed by atoms with Crippen LogP contribution in [0, 0.1) is 25.2 Å². The number of amides is 3. The summed E-state index contributed by atoms with van der Waals surface area (Å²) < 4.78 is 2.24. The number of piperidine rings is 1. The van der Waals surface area contributed by atoms with Gasteiger partial charge in [-0.25, -0.2) is 15.0 Å². The monoisotopic (exact) mass is 740 g/mol. The van der Waals surface area contributed by atoms with Crippen molar-refractivity contribution >= 4 is 56.2 Å². The molecule has 4 atom stereocenters. The normalized spacial score (nSPS) is 24.0. The summed E-state index contributed by atoms with van der Waals surface area (Å²) in [5, 5.41) is 11.5. The molecule has 2 aliphatic heterocycles. The van der Waals surface area contributed by atoms with Crippen LogP contribution in [0.25, 0.3) is 22.0 Å². The number of halogens is 1. The molecule has 1 aliphatic carbocycles. The molecule has 2 bridgehead atoms. The molecular formula is C37H41BrN8O4. The highest BCUT2D eigenvalue weighted by atomic mass is 79.9. The Morgan fingerprint density at radius 3 is 2.50 bits per heavy atom. The maximum absolute atomic E-state index is 14.6. The van der Waals surface area contributed by atoms with E-state index in [0.29, 0.717) is 53.1 Å². The van der Waals surface area contributed by atoms with E-state index in [-0.39, 0.29) is 42.0 Å². The van der Waals surface area contributed by atoms with Crippen molar-refractivity contribution in [2.45, 2.75) is 91.3 Å². The third-order valence-electron chi connectivity index (χ3n) is 10.8. The summed E-state index contributed by atoms with van der Waals surface area (Å²) in [6.45, 7) is 7.51. The van der Waals surface area contributed by atoms with Crippen molar-refractivity contribution in [1.29, 1.82) is 0 Å². The first-order valence-corrected chi connectivity index (χ1v) is 18.1. The molecule has 13 heteroatoms. The van der Waals surface area contributed by atoms with Crippen molar-refractivity contribution in [2.24, 2.45) is 11.3 Å². The fourth-order valence-corrected chi connectivity index (χ4v) is 8.37. The minimum Gasteiger partial charge on any atom is -0.355 e. The van der Waals surface area contributed by atoms with Crippen molar-refractivity contribution in [3.8, 4) is 11.1 Å². The van der Waals surface area contributed by atoms with E-state index in [9.17, 15) is 19.2 Å². The van der Waals surface area contributed by atoms with Gasteiger partial charge in [0.15, 0.2) is 5.78 Å². The third kappa shape index (κ3) is 6.20. The highest BCUT2D eigenvalue weighted by molar-refractivity contribution is 9.10. The molecule has 50 heavy (non-hydrogen) atoms. The van der Waals surface area contributed by atoms with Crippen LogP contribution in [0.4, 0.5) is 5.82 Å². The van der Waals surface area contributed by atoms with Crippen LogP contribution in [0.15, 0.2) is 41.3 Å². The maximum Gasteiger partial charge on any atom is 0.248 e. The molecule has 2 unspecified atom stereocenters. The number of aryl methyl sites for hydroxylation is 3. The van der Waals surface area contributed by atoms with Gasteiger partial charge in [-0.2, -0.15) is 5.10 Å². The van der Waals surface area contributed by atoms with Crippen molar-refractivity contribution in [1.82, 2.24) is 34.9 Å². The van der Waals surface area contributed by atoms with E-state index < -0.39 is 11.5 Å². The number of rotatable bonds is 4. The van der Waals surface area contributed by atoms with Crippen LogP contribution in [0.2, 0.25) is 0 Å². The van der Waals surface area contributed by atoms with E-state index in [1.165, 1.54) is 6.92 Å². The predicted octanol–water partition coefficient (Wildman–Crippen LogP) is 5.34. The van der Waals surface area contributed by atoms with E-state index in [2.05, 4.69) is 54.5 Å². The standard InChI is InChI=1S/C37H41BrN8O4/c1-20-11-12-29(38)42-35(20)43-36(50)28-15-37-19-41-30(48)10-8-6-5-7-9-24-13-25(26-16-39-23(4)40-17-26)14-27-32(22(3)47)44-45(33(24)27)18-31(49)46(28)34(37)21(37)2/h11-14,16-17,21,28,34H,5-10,15,18-19H2,1-4H3,(H,41,48)(H,42,43,50)/t21?,28-,34?,37+/m0/s1. The fourth-order valence-electron chi connectivity index (χ4n) is 8.06. The van der Waals surface area contributed by atoms with Gasteiger partial charge in [-0.05, 0) is 96.3 Å². The molecule has 2 fully saturated rings. The topological polar surface area (TPSA) is 152 Å². The highest BCUT2D eigenvalue weighted by Gasteiger charge is 2.72. The maximum atomic E-state index is 14.6. The zero-order chi connectivity index (χ0) is 35.3. The number of carbonyl (C=O) groups is 4. The lowest BCUT2D eigenvalue weighted by Crippen LogP contribution is -2.47. The Morgan fingerprint density at radius 2 is 1.76 bits per heavy atom. The number of anilines is 1. The lowest BCUT2D eigenvalue weighted by atomic mass is 9.95. The Labute approximate surface area is 299 Å². The Morgan fingerprint density at radius 1 is 1.02 bits per heavy atom. The summed E-state index contributed by atoms with van der Waals surface area (Å²) in [5.74, 6) is 0.363. The van der Waals surface area contributed by atoms with Gasteiger partial charge < -0.3 is 15.5 Å². The summed E-state index contributed by atoms with van der Waals surface area (Å²) >= 11 is 3.39. The number of ketones is 1. The van der Waals surface area contributed by atoms with E-state index in [0.717, 1.165) is 53.5 Å². The first-order chi connectivity index (χ1) is 24.0. The van der Waals surface area contributed by atoms with E-state index in [1.54, 1.807) is 28.0 Å². The molecule has 0 radical (unpaired) electrons. The molecule has 4 aromatic rings. The van der Waals surface area contributed by atoms with Crippen LogP contribution in [-0.2, 0) is 27.3 Å². The Balaban J connectivity index is 1.30. The lowest BCUT2D eigenvalue weighted by Gasteiger charge is -2.28. The van der Waals surface area contributed by atoms with Gasteiger partial charge in [0.25, 0.3) is 0 Å². The van der Waals surface area contributed by atoms with Crippen molar-refractivity contribution in [3.63, 3.8) is 0 Å². The molecule has 0 spiro atoms. The first kappa shape index (κ1) is 34.0. The van der Waals surface area contributed by atoms with Crippen LogP contribution in [0.3, 0.4) is 0 Å². The second-order valence-corrected chi connectivity index (χ2v) is 14.9. The summed E-state index contributed by atoms with van der Waals surface area (Å²) in [4.78, 5) is 69.5. The van der Waals surface area contributed by atoms with Gasteiger partial charge >= 0.3 is 0 Å². The van der Waals surface area contributed by atoms with Gasteiger partial charge in [-0.3, -0.25) is 23.9 Å². The molecule has 260 valence electrons. The highest BCUT2D eigenvalue weighted by Crippen LogP contribution is 2.64. The van der Waals surface area contributed by atoms with Gasteiger partial charge in [-0.1, -0.05) is 25.8 Å². The minimum atomic E-state index is -0.776. The average molecular weight is 742 g/mol. The first-order valence-electron chi connectivity index (χ1n) is 17.3. The summed E-state index contributed by atoms with van der Waals surface area (Å²) in [5.41, 5.74) is 4.06. The van der Waals surface area contributed by atoms with Gasteiger partial charge in [0, 0.05) is 54.7 Å². The van der Waals surface area contributed by atoms with Gasteiger partial charge in [0.2, 0.25) is 17.7 Å². The molecule has 3 amide bonds. The molecular weight excluding hydrogens is 700 g/mol. The Bertz CT molecular complexity index is 2030. The van der Waals surface area contributed by atoms with Crippen LogP contribution >= 0.6 is 15.9 Å². The molecule has 3 aliphatic rings. The van der Waals surface area contributed by atoms with Crippen LogP contribution in [-0.4, -0.2) is 71.8 Å². The van der Waals surface area contributed by atoms with Crippen molar-refractivity contribution in [2.75, 3.05) is 11.9 Å². The summed E-state index contributed by atoms with van der Waals surface area (Å²) in [6.07, 6.45) is 8.54. The van der Waals surface area contributed by atoms with E-state index >= 15 is 0 Å². The molecule has 1 saturated carbocycles.